The number of rotatable bonds is 7. The van der Waals surface area contributed by atoms with Gasteiger partial charge in [0, 0.05) is 43.4 Å². The largest absolute Gasteiger partial charge is 2.00 e. The molecule has 4 aromatic rings. The Bertz CT molecular complexity index is 2060. The van der Waals surface area contributed by atoms with Crippen LogP contribution in [0.25, 0.3) is 57.8 Å². The van der Waals surface area contributed by atoms with Crippen LogP contribution in [0.15, 0.2) is 36.7 Å². The van der Waals surface area contributed by atoms with E-state index in [1.54, 1.807) is 6.20 Å². The van der Waals surface area contributed by atoms with Crippen LogP contribution in [0.2, 0.25) is 0 Å². The number of terminal acetylenes is 1. The summed E-state index contributed by atoms with van der Waals surface area (Å²) in [5, 5.41) is 0. The molecular weight excluding hydrogens is 622 g/mol. The van der Waals surface area contributed by atoms with E-state index in [-0.39, 0.29) is 44.3 Å². The SMILES string of the molecule is C#Cc1c2nc(c(CCC(=O)OC)c3ccc([n-]3)c(-c3nccn3C)c3nc(c(CCC(=O)OC)c4ccc1[n-]4)C=C3)C=C2.[Zn+2]. The number of aromatic nitrogens is 6. The fourth-order valence-corrected chi connectivity index (χ4v) is 5.36. The maximum Gasteiger partial charge on any atom is 2.00 e. The van der Waals surface area contributed by atoms with Gasteiger partial charge in [-0.25, -0.2) is 15.0 Å². The second-order valence-corrected chi connectivity index (χ2v) is 10.2. The summed E-state index contributed by atoms with van der Waals surface area (Å²) in [6, 6.07) is 7.54. The minimum absolute atomic E-state index is 0. The minimum atomic E-state index is -0.333. The van der Waals surface area contributed by atoms with E-state index in [1.165, 1.54) is 14.2 Å². The number of imidazole rings is 1. The van der Waals surface area contributed by atoms with E-state index < -0.39 is 0 Å². The summed E-state index contributed by atoms with van der Waals surface area (Å²) in [6.07, 6.45) is 18.2. The Kier molecular flexibility index (Phi) is 9.26. The predicted octanol–water partition coefficient (Wildman–Crippen LogP) is 4.50. The number of carbonyl (C=O) groups is 2. The van der Waals surface area contributed by atoms with Crippen molar-refractivity contribution in [3.05, 3.63) is 76.1 Å². The molecule has 6 heterocycles. The molecule has 0 atom stereocenters. The summed E-state index contributed by atoms with van der Waals surface area (Å²) in [4.78, 5) is 48.7. The van der Waals surface area contributed by atoms with Gasteiger partial charge in [0.2, 0.25) is 0 Å². The molecule has 0 N–H and O–H groups in total. The van der Waals surface area contributed by atoms with E-state index in [9.17, 15) is 9.59 Å². The Morgan fingerprint density at radius 3 is 1.87 bits per heavy atom. The molecule has 2 aliphatic rings. The summed E-state index contributed by atoms with van der Waals surface area (Å²) < 4.78 is 11.7. The maximum absolute atomic E-state index is 12.2. The molecule has 4 aromatic heterocycles. The van der Waals surface area contributed by atoms with Gasteiger partial charge in [-0.05, 0) is 48.3 Å². The van der Waals surface area contributed by atoms with E-state index >= 15 is 0 Å². The van der Waals surface area contributed by atoms with E-state index in [0.717, 1.165) is 16.7 Å². The summed E-state index contributed by atoms with van der Waals surface area (Å²) in [5.41, 5.74) is 7.92. The summed E-state index contributed by atoms with van der Waals surface area (Å²) >= 11 is 0. The van der Waals surface area contributed by atoms with Gasteiger partial charge in [-0.15, -0.1) is 28.5 Å². The summed E-state index contributed by atoms with van der Waals surface area (Å²) in [5.74, 6) is 2.77. The van der Waals surface area contributed by atoms with Crippen LogP contribution in [-0.4, -0.2) is 45.7 Å². The van der Waals surface area contributed by atoms with Gasteiger partial charge in [0.15, 0.2) is 0 Å². The van der Waals surface area contributed by atoms with Gasteiger partial charge in [-0.2, -0.15) is 0 Å². The number of fused-ring (bicyclic) bond motifs is 8. The summed E-state index contributed by atoms with van der Waals surface area (Å²) in [7, 11) is 4.65. The number of nitrogens with zero attached hydrogens (tertiary/aromatic N) is 6. The van der Waals surface area contributed by atoms with Gasteiger partial charge >= 0.3 is 31.4 Å². The van der Waals surface area contributed by atoms with Gasteiger partial charge in [0.25, 0.3) is 0 Å². The molecule has 220 valence electrons. The van der Waals surface area contributed by atoms with Crippen LogP contribution in [0.3, 0.4) is 0 Å². The molecule has 6 rings (SSSR count). The Hall–Kier alpha value is -5.07. The van der Waals surface area contributed by atoms with Crippen LogP contribution in [0.4, 0.5) is 0 Å². The van der Waals surface area contributed by atoms with Crippen molar-refractivity contribution in [2.24, 2.45) is 7.05 Å². The van der Waals surface area contributed by atoms with Gasteiger partial charge in [-0.1, -0.05) is 30.2 Å². The molecule has 0 saturated heterocycles. The standard InChI is InChI=1S/C34H28N6O4.Zn/c1-5-20-23-8-10-25(36-23)21(6-16-31(41)43-3)27-12-14-29(38-27)33(34-35-18-19-40(34)2)30-15-13-28(39-30)22(7-17-32(42)44-4)26-11-9-24(20)37-26;/h1,8-15,18-19H,6-7,16-17H2,2-4H3;/q-2;+2. The quantitative estimate of drug-likeness (QED) is 0.140. The number of carbonyl (C=O) groups excluding carboxylic acids is 2. The fourth-order valence-electron chi connectivity index (χ4n) is 5.36. The van der Waals surface area contributed by atoms with Crippen molar-refractivity contribution < 1.29 is 38.5 Å². The molecule has 0 spiro atoms. The van der Waals surface area contributed by atoms with Crippen molar-refractivity contribution in [3.8, 4) is 23.7 Å². The van der Waals surface area contributed by atoms with Crippen molar-refractivity contribution in [1.29, 1.82) is 0 Å². The van der Waals surface area contributed by atoms with Crippen molar-refractivity contribution in [3.63, 3.8) is 0 Å². The van der Waals surface area contributed by atoms with E-state index in [1.807, 2.05) is 66.4 Å². The van der Waals surface area contributed by atoms with Crippen LogP contribution in [0.5, 0.6) is 0 Å². The predicted molar refractivity (Wildman–Crippen MR) is 168 cm³/mol. The first-order chi connectivity index (χ1) is 21.4. The second kappa shape index (κ2) is 13.3. The van der Waals surface area contributed by atoms with Crippen molar-refractivity contribution in [2.45, 2.75) is 25.7 Å². The molecule has 10 nitrogen and oxygen atoms in total. The fraction of sp³-hybridized carbons (Fsp3) is 0.206. The molecule has 0 fully saturated rings. The van der Waals surface area contributed by atoms with Crippen molar-refractivity contribution in [1.82, 2.24) is 29.5 Å². The third kappa shape index (κ3) is 6.15. The Labute approximate surface area is 272 Å². The maximum atomic E-state index is 12.2. The van der Waals surface area contributed by atoms with E-state index in [2.05, 4.69) is 10.9 Å². The number of methoxy groups -OCH3 is 2. The monoisotopic (exact) mass is 648 g/mol. The van der Waals surface area contributed by atoms with Crippen LogP contribution >= 0.6 is 0 Å². The van der Waals surface area contributed by atoms with E-state index in [0.29, 0.717) is 69.1 Å². The Morgan fingerprint density at radius 1 is 0.800 bits per heavy atom. The molecule has 0 aliphatic carbocycles. The number of hydrogen-bond donors (Lipinski definition) is 0. The molecule has 0 amide bonds. The zero-order valence-corrected chi connectivity index (χ0v) is 28.2. The molecule has 0 saturated carbocycles. The zero-order valence-electron chi connectivity index (χ0n) is 25.2. The van der Waals surface area contributed by atoms with Gasteiger partial charge in [0.1, 0.15) is 5.82 Å². The van der Waals surface area contributed by atoms with Crippen molar-refractivity contribution in [2.75, 3.05) is 14.2 Å². The summed E-state index contributed by atoms with van der Waals surface area (Å²) in [6.45, 7) is 0. The molecule has 0 radical (unpaired) electrons. The first-order valence-electron chi connectivity index (χ1n) is 14.0. The first-order valence-corrected chi connectivity index (χ1v) is 14.0. The molecule has 8 bridgehead atoms. The van der Waals surface area contributed by atoms with Crippen molar-refractivity contribution >= 4 is 58.3 Å². The zero-order chi connectivity index (χ0) is 30.8. The van der Waals surface area contributed by atoms with Gasteiger partial charge in [-0.3, -0.25) is 9.59 Å². The molecule has 0 aromatic carbocycles. The van der Waals surface area contributed by atoms with Crippen LogP contribution in [-0.2, 0) is 58.4 Å². The Balaban J connectivity index is 0.00000400. The third-order valence-corrected chi connectivity index (χ3v) is 7.62. The molecule has 2 aliphatic heterocycles. The molecule has 11 heteroatoms. The van der Waals surface area contributed by atoms with Gasteiger partial charge < -0.3 is 24.0 Å². The number of ether oxygens (including phenoxy) is 2. The Morgan fingerprint density at radius 2 is 1.31 bits per heavy atom. The average Bonchev–Trinajstić information content (AvgIpc) is 3.87. The minimum Gasteiger partial charge on any atom is -0.657 e. The van der Waals surface area contributed by atoms with Crippen LogP contribution in [0.1, 0.15) is 52.3 Å². The molecule has 0 unspecified atom stereocenters. The number of esters is 2. The number of hydrogen-bond acceptors (Lipinski definition) is 7. The van der Waals surface area contributed by atoms with Crippen LogP contribution in [0, 0.1) is 12.3 Å². The topological polar surface area (TPSA) is 124 Å². The molecular formula is C34H28N6O4Zn. The average molecular weight is 650 g/mol. The van der Waals surface area contributed by atoms with Gasteiger partial charge in [0.05, 0.1) is 37.0 Å². The van der Waals surface area contributed by atoms with Crippen LogP contribution < -0.4 is 9.97 Å². The molecule has 45 heavy (non-hydrogen) atoms. The normalized spacial score (nSPS) is 11.6. The smallest absolute Gasteiger partial charge is 0.657 e. The second-order valence-electron chi connectivity index (χ2n) is 10.2. The third-order valence-electron chi connectivity index (χ3n) is 7.62. The van der Waals surface area contributed by atoms with E-state index in [4.69, 9.17) is 35.8 Å². The number of aryl methyl sites for hydroxylation is 3. The first kappa shape index (κ1) is 31.4.